The first-order chi connectivity index (χ1) is 21.6. The van der Waals surface area contributed by atoms with E-state index < -0.39 is 31.9 Å². The molecule has 0 heterocycles. The van der Waals surface area contributed by atoms with Gasteiger partial charge in [0, 0.05) is 25.3 Å². The van der Waals surface area contributed by atoms with E-state index in [-0.39, 0.29) is 45.2 Å². The van der Waals surface area contributed by atoms with Gasteiger partial charge in [0.25, 0.3) is 20.0 Å². The first-order valence-corrected chi connectivity index (χ1v) is 16.5. The largest absolute Gasteiger partial charge is 2.00 e. The molecule has 0 bridgehead atoms. The van der Waals surface area contributed by atoms with Gasteiger partial charge in [0.2, 0.25) is 11.8 Å². The van der Waals surface area contributed by atoms with Gasteiger partial charge in [0.15, 0.2) is 0 Å². The molecule has 4 aromatic carbocycles. The number of carbonyl (C=O) groups is 2. The number of amides is 2. The molecule has 0 saturated carbocycles. The van der Waals surface area contributed by atoms with Crippen LogP contribution in [0.3, 0.4) is 0 Å². The summed E-state index contributed by atoms with van der Waals surface area (Å²) in [7, 11) is -7.72. The number of para-hydroxylation sites is 2. The zero-order valence-electron chi connectivity index (χ0n) is 25.7. The Bertz CT molecular complexity index is 1870. The average molecular weight is 781 g/mol. The molecule has 0 atom stereocenters. The summed E-state index contributed by atoms with van der Waals surface area (Å²) in [5.74, 6) is -1.57. The summed E-state index contributed by atoms with van der Waals surface area (Å²) in [6, 6.07) is 24.5. The number of carbonyl (C=O) groups excluding carboxylic acids is 2. The molecule has 47 heavy (non-hydrogen) atoms. The van der Waals surface area contributed by atoms with Crippen LogP contribution in [0.4, 0.5) is 11.4 Å². The summed E-state index contributed by atoms with van der Waals surface area (Å²) in [6.07, 6.45) is 0. The fourth-order valence-electron chi connectivity index (χ4n) is 3.93. The van der Waals surface area contributed by atoms with Crippen molar-refractivity contribution < 1.29 is 36.6 Å². The van der Waals surface area contributed by atoms with Gasteiger partial charge in [0.05, 0.1) is 21.2 Å². The Morgan fingerprint density at radius 3 is 1.11 bits per heavy atom. The van der Waals surface area contributed by atoms with Gasteiger partial charge in [-0.05, 0) is 73.5 Å². The van der Waals surface area contributed by atoms with Crippen molar-refractivity contribution in [3.63, 3.8) is 0 Å². The van der Waals surface area contributed by atoms with E-state index in [2.05, 4.69) is 9.98 Å². The van der Waals surface area contributed by atoms with Gasteiger partial charge in [-0.2, -0.15) is 0 Å². The Morgan fingerprint density at radius 1 is 0.532 bits per heavy atom. The molecule has 2 amide bonds. The third-order valence-electron chi connectivity index (χ3n) is 6.00. The average Bonchev–Trinajstić information content (AvgIpc) is 2.97. The molecule has 0 aliphatic rings. The Hall–Kier alpha value is -4.54. The molecule has 242 valence electrons. The SMILES string of the molecule is CC(=O)NS(=O)(=O)c1ccc(N=C(C)c2ccccc2[O-])cc1.CC(=O)NS(=O)(=O)c1ccc(N=C(C)c2ccccc2[O-])cc1.[Sn+2]. The molecular weight excluding hydrogens is 751 g/mol. The summed E-state index contributed by atoms with van der Waals surface area (Å²) in [5.41, 5.74) is 3.06. The molecule has 0 aliphatic carbocycles. The second kappa shape index (κ2) is 16.9. The first kappa shape index (κ1) is 38.6. The van der Waals surface area contributed by atoms with Crippen LogP contribution < -0.4 is 19.7 Å². The molecule has 12 nitrogen and oxygen atoms in total. The number of hydrogen-bond acceptors (Lipinski definition) is 10. The zero-order chi connectivity index (χ0) is 34.1. The predicted octanol–water partition coefficient (Wildman–Crippen LogP) is 3.07. The van der Waals surface area contributed by atoms with Crippen LogP contribution in [0.1, 0.15) is 38.8 Å². The number of benzene rings is 4. The minimum absolute atomic E-state index is 0. The van der Waals surface area contributed by atoms with Gasteiger partial charge in [-0.25, -0.2) is 26.3 Å². The Kier molecular flexibility index (Phi) is 13.9. The first-order valence-electron chi connectivity index (χ1n) is 13.5. The number of hydrogen-bond donors (Lipinski definition) is 2. The summed E-state index contributed by atoms with van der Waals surface area (Å²) in [4.78, 5) is 30.3. The number of sulfonamides is 2. The van der Waals surface area contributed by atoms with Crippen molar-refractivity contribution in [1.29, 1.82) is 0 Å². The van der Waals surface area contributed by atoms with Crippen LogP contribution in [0.15, 0.2) is 117 Å². The van der Waals surface area contributed by atoms with Gasteiger partial charge < -0.3 is 10.2 Å². The molecule has 4 aromatic rings. The molecule has 0 unspecified atom stereocenters. The summed E-state index contributed by atoms with van der Waals surface area (Å²) >= 11 is 0. The standard InChI is InChI=1S/2C16H16N2O4S.Sn/c2*1-11(15-5-3-4-6-16(15)20)17-13-7-9-14(10-8-13)23(21,22)18-12(2)19;/h2*3-10,20H,1-2H3,(H,18,19);/q;;+2/p-2. The van der Waals surface area contributed by atoms with Gasteiger partial charge in [0.1, 0.15) is 0 Å². The minimum atomic E-state index is -3.86. The van der Waals surface area contributed by atoms with Crippen LogP contribution in [-0.2, 0) is 29.6 Å². The smallest absolute Gasteiger partial charge is 0.872 e. The molecule has 2 radical (unpaired) electrons. The summed E-state index contributed by atoms with van der Waals surface area (Å²) < 4.78 is 51.1. The molecule has 2 N–H and O–H groups in total. The second-order valence-corrected chi connectivity index (χ2v) is 13.1. The molecule has 0 aromatic heterocycles. The summed E-state index contributed by atoms with van der Waals surface area (Å²) in [5, 5.41) is 23.5. The Balaban J connectivity index is 0.000000320. The second-order valence-electron chi connectivity index (χ2n) is 9.70. The third kappa shape index (κ3) is 11.3. The monoisotopic (exact) mass is 782 g/mol. The fraction of sp³-hybridized carbons (Fsp3) is 0.125. The minimum Gasteiger partial charge on any atom is -0.872 e. The molecule has 0 saturated heterocycles. The van der Waals surface area contributed by atoms with E-state index in [9.17, 15) is 36.6 Å². The molecular formula is C32H30N4O8S2Sn. The van der Waals surface area contributed by atoms with E-state index in [1.54, 1.807) is 50.2 Å². The Morgan fingerprint density at radius 2 is 0.830 bits per heavy atom. The van der Waals surface area contributed by atoms with Crippen molar-refractivity contribution in [2.45, 2.75) is 37.5 Å². The number of nitrogens with one attached hydrogen (secondary N) is 2. The summed E-state index contributed by atoms with van der Waals surface area (Å²) in [6.45, 7) is 5.66. The molecule has 0 aliphatic heterocycles. The number of rotatable bonds is 8. The van der Waals surface area contributed by atoms with Crippen molar-refractivity contribution in [1.82, 2.24) is 9.44 Å². The molecule has 4 rings (SSSR count). The van der Waals surface area contributed by atoms with E-state index in [0.717, 1.165) is 13.8 Å². The zero-order valence-corrected chi connectivity index (χ0v) is 30.2. The normalized spacial score (nSPS) is 11.7. The van der Waals surface area contributed by atoms with Gasteiger partial charge in [-0.1, -0.05) is 60.0 Å². The number of nitrogens with zero attached hydrogens (tertiary/aromatic N) is 2. The Labute approximate surface area is 290 Å². The molecule has 0 fully saturated rings. The van der Waals surface area contributed by atoms with E-state index in [1.807, 2.05) is 9.44 Å². The van der Waals surface area contributed by atoms with Crippen molar-refractivity contribution in [2.75, 3.05) is 0 Å². The van der Waals surface area contributed by atoms with Crippen LogP contribution in [0.2, 0.25) is 0 Å². The number of aliphatic imine (C=N–C) groups is 2. The maximum Gasteiger partial charge on any atom is 2.00 e. The van der Waals surface area contributed by atoms with Crippen LogP contribution in [0.5, 0.6) is 11.5 Å². The molecule has 15 heteroatoms. The fourth-order valence-corrected chi connectivity index (χ4v) is 5.92. The van der Waals surface area contributed by atoms with Crippen LogP contribution in [0.25, 0.3) is 0 Å². The van der Waals surface area contributed by atoms with Gasteiger partial charge >= 0.3 is 23.9 Å². The maximum atomic E-state index is 11.8. The van der Waals surface area contributed by atoms with Gasteiger partial charge in [-0.3, -0.25) is 19.6 Å². The van der Waals surface area contributed by atoms with Crippen molar-refractivity contribution >= 4 is 78.6 Å². The van der Waals surface area contributed by atoms with Crippen molar-refractivity contribution in [3.05, 3.63) is 108 Å². The molecule has 0 spiro atoms. The van der Waals surface area contributed by atoms with E-state index in [1.165, 1.54) is 60.7 Å². The third-order valence-corrected chi connectivity index (χ3v) is 8.90. The van der Waals surface area contributed by atoms with Gasteiger partial charge in [-0.15, -0.1) is 0 Å². The van der Waals surface area contributed by atoms with Crippen molar-refractivity contribution in [2.24, 2.45) is 9.98 Å². The quantitative estimate of drug-likeness (QED) is 0.201. The van der Waals surface area contributed by atoms with Crippen LogP contribution >= 0.6 is 0 Å². The van der Waals surface area contributed by atoms with Crippen molar-refractivity contribution in [3.8, 4) is 11.5 Å². The van der Waals surface area contributed by atoms with E-state index in [0.29, 0.717) is 33.9 Å². The van der Waals surface area contributed by atoms with Crippen LogP contribution in [-0.4, -0.2) is 64.0 Å². The maximum absolute atomic E-state index is 11.8. The topological polar surface area (TPSA) is 197 Å². The van der Waals surface area contributed by atoms with E-state index >= 15 is 0 Å². The van der Waals surface area contributed by atoms with Crippen LogP contribution in [0, 0.1) is 0 Å². The predicted molar refractivity (Wildman–Crippen MR) is 176 cm³/mol. The van der Waals surface area contributed by atoms with E-state index in [4.69, 9.17) is 0 Å².